The average Bonchev–Trinajstić information content (AvgIpc) is 2.88. The van der Waals surface area contributed by atoms with Gasteiger partial charge in [-0.2, -0.15) is 5.10 Å². The van der Waals surface area contributed by atoms with Crippen molar-refractivity contribution < 1.29 is 28.6 Å². The monoisotopic (exact) mass is 509 g/mol. The number of rotatable bonds is 8. The van der Waals surface area contributed by atoms with Gasteiger partial charge in [-0.1, -0.05) is 17.7 Å². The molecule has 3 aromatic carbocycles. The molecule has 0 aliphatic rings. The van der Waals surface area contributed by atoms with Crippen LogP contribution in [0, 0.1) is 6.92 Å². The van der Waals surface area contributed by atoms with E-state index >= 15 is 0 Å². The van der Waals surface area contributed by atoms with Gasteiger partial charge in [-0.05, 0) is 79.6 Å². The van der Waals surface area contributed by atoms with Crippen LogP contribution in [-0.2, 0) is 9.59 Å². The van der Waals surface area contributed by atoms with Crippen molar-refractivity contribution in [3.05, 3.63) is 82.4 Å². The van der Waals surface area contributed by atoms with Crippen LogP contribution in [0.5, 0.6) is 17.2 Å². The van der Waals surface area contributed by atoms with Crippen molar-refractivity contribution in [3.8, 4) is 17.2 Å². The Morgan fingerprint density at radius 2 is 1.75 bits per heavy atom. The van der Waals surface area contributed by atoms with Gasteiger partial charge >= 0.3 is 17.8 Å². The standard InChI is InChI=1S/C26H24ClN3O6/c1-4-35-23-14-17(8-13-22(23)36-26(33)18-9-11-19(34-3)12-10-18)15-28-30-25(32)24(31)29-21-7-5-6-20(27)16(21)2/h5-15H,4H2,1-3H3,(H,29,31)(H,30,32)/b28-15+. The fourth-order valence-electron chi connectivity index (χ4n) is 2.98. The third kappa shape index (κ3) is 6.83. The summed E-state index contributed by atoms with van der Waals surface area (Å²) >= 11 is 6.03. The number of halogens is 1. The fourth-order valence-corrected chi connectivity index (χ4v) is 3.16. The van der Waals surface area contributed by atoms with Crippen molar-refractivity contribution in [1.29, 1.82) is 0 Å². The molecule has 2 amide bonds. The maximum Gasteiger partial charge on any atom is 0.343 e. The molecule has 0 aliphatic heterocycles. The molecule has 0 atom stereocenters. The van der Waals surface area contributed by atoms with Crippen molar-refractivity contribution in [2.24, 2.45) is 5.10 Å². The summed E-state index contributed by atoms with van der Waals surface area (Å²) in [6.07, 6.45) is 1.33. The number of carbonyl (C=O) groups is 3. The number of anilines is 1. The highest BCUT2D eigenvalue weighted by Gasteiger charge is 2.16. The van der Waals surface area contributed by atoms with E-state index in [4.69, 9.17) is 25.8 Å². The molecule has 0 aromatic heterocycles. The maximum absolute atomic E-state index is 12.5. The third-order valence-electron chi connectivity index (χ3n) is 4.90. The Kier molecular flexibility index (Phi) is 9.01. The summed E-state index contributed by atoms with van der Waals surface area (Å²) < 4.78 is 16.2. The number of nitrogens with zero attached hydrogens (tertiary/aromatic N) is 1. The second kappa shape index (κ2) is 12.4. The second-order valence-corrected chi connectivity index (χ2v) is 7.73. The van der Waals surface area contributed by atoms with Gasteiger partial charge < -0.3 is 19.5 Å². The predicted octanol–water partition coefficient (Wildman–Crippen LogP) is 4.36. The van der Waals surface area contributed by atoms with E-state index in [2.05, 4.69) is 15.8 Å². The predicted molar refractivity (Wildman–Crippen MR) is 136 cm³/mol. The quantitative estimate of drug-likeness (QED) is 0.153. The number of ether oxygens (including phenoxy) is 3. The molecule has 0 saturated heterocycles. The van der Waals surface area contributed by atoms with Crippen LogP contribution in [0.4, 0.5) is 5.69 Å². The SMILES string of the molecule is CCOc1cc(/C=N/NC(=O)C(=O)Nc2cccc(Cl)c2C)ccc1OC(=O)c1ccc(OC)cc1. The molecule has 10 heteroatoms. The normalized spacial score (nSPS) is 10.6. The number of nitrogens with one attached hydrogen (secondary N) is 2. The fraction of sp³-hybridized carbons (Fsp3) is 0.154. The highest BCUT2D eigenvalue weighted by molar-refractivity contribution is 6.40. The van der Waals surface area contributed by atoms with Crippen LogP contribution in [0.2, 0.25) is 5.02 Å². The van der Waals surface area contributed by atoms with Gasteiger partial charge in [0.25, 0.3) is 0 Å². The largest absolute Gasteiger partial charge is 0.497 e. The van der Waals surface area contributed by atoms with Crippen LogP contribution in [0.25, 0.3) is 0 Å². The Hall–Kier alpha value is -4.37. The zero-order valence-electron chi connectivity index (χ0n) is 19.8. The van der Waals surface area contributed by atoms with E-state index in [1.807, 2.05) is 0 Å². The zero-order chi connectivity index (χ0) is 26.1. The molecule has 0 radical (unpaired) electrons. The van der Waals surface area contributed by atoms with Crippen molar-refractivity contribution >= 4 is 41.3 Å². The lowest BCUT2D eigenvalue weighted by Gasteiger charge is -2.11. The summed E-state index contributed by atoms with van der Waals surface area (Å²) in [5.41, 5.74) is 4.11. The maximum atomic E-state index is 12.5. The number of carbonyl (C=O) groups excluding carboxylic acids is 3. The van der Waals surface area contributed by atoms with Crippen molar-refractivity contribution in [2.75, 3.05) is 19.0 Å². The molecule has 186 valence electrons. The van der Waals surface area contributed by atoms with Gasteiger partial charge in [-0.15, -0.1) is 0 Å². The zero-order valence-corrected chi connectivity index (χ0v) is 20.6. The van der Waals surface area contributed by atoms with E-state index in [-0.39, 0.29) is 5.75 Å². The van der Waals surface area contributed by atoms with E-state index in [1.165, 1.54) is 13.3 Å². The number of esters is 1. The van der Waals surface area contributed by atoms with Gasteiger partial charge in [0.05, 0.1) is 25.5 Å². The van der Waals surface area contributed by atoms with Crippen LogP contribution >= 0.6 is 11.6 Å². The molecule has 0 aliphatic carbocycles. The summed E-state index contributed by atoms with van der Waals surface area (Å²) in [7, 11) is 1.54. The molecule has 0 fully saturated rings. The minimum atomic E-state index is -0.958. The molecule has 0 saturated carbocycles. The van der Waals surface area contributed by atoms with Gasteiger partial charge in [-0.25, -0.2) is 10.2 Å². The minimum absolute atomic E-state index is 0.218. The van der Waals surface area contributed by atoms with Crippen molar-refractivity contribution in [1.82, 2.24) is 5.43 Å². The number of methoxy groups -OCH3 is 1. The number of benzene rings is 3. The molecule has 0 bridgehead atoms. The Morgan fingerprint density at radius 1 is 1.00 bits per heavy atom. The first-order valence-electron chi connectivity index (χ1n) is 10.8. The number of hydrogen-bond donors (Lipinski definition) is 2. The average molecular weight is 510 g/mol. The van der Waals surface area contributed by atoms with Crippen LogP contribution in [0.3, 0.4) is 0 Å². The van der Waals surface area contributed by atoms with E-state index in [1.54, 1.807) is 74.5 Å². The van der Waals surface area contributed by atoms with Gasteiger partial charge in [0.2, 0.25) is 0 Å². The number of hydrazone groups is 1. The first kappa shape index (κ1) is 26.2. The Labute approximate surface area is 213 Å². The van der Waals surface area contributed by atoms with Gasteiger partial charge in [0, 0.05) is 10.7 Å². The van der Waals surface area contributed by atoms with Crippen molar-refractivity contribution in [2.45, 2.75) is 13.8 Å². The van der Waals surface area contributed by atoms with E-state index in [0.29, 0.717) is 45.5 Å². The molecule has 0 heterocycles. The molecule has 3 rings (SSSR count). The lowest BCUT2D eigenvalue weighted by atomic mass is 10.2. The van der Waals surface area contributed by atoms with Crippen LogP contribution in [0.1, 0.15) is 28.4 Å². The van der Waals surface area contributed by atoms with Gasteiger partial charge in [0.15, 0.2) is 11.5 Å². The molecular weight excluding hydrogens is 486 g/mol. The minimum Gasteiger partial charge on any atom is -0.497 e. The Bertz CT molecular complexity index is 1290. The lowest BCUT2D eigenvalue weighted by molar-refractivity contribution is -0.136. The summed E-state index contributed by atoms with van der Waals surface area (Å²) in [4.78, 5) is 36.7. The van der Waals surface area contributed by atoms with Crippen LogP contribution in [0.15, 0.2) is 65.8 Å². The van der Waals surface area contributed by atoms with E-state index < -0.39 is 17.8 Å². The third-order valence-corrected chi connectivity index (χ3v) is 5.31. The molecule has 36 heavy (non-hydrogen) atoms. The highest BCUT2D eigenvalue weighted by atomic mass is 35.5. The Balaban J connectivity index is 1.64. The van der Waals surface area contributed by atoms with E-state index in [0.717, 1.165) is 0 Å². The summed E-state index contributed by atoms with van der Waals surface area (Å²) in [6, 6.07) is 16.2. The molecule has 0 unspecified atom stereocenters. The summed E-state index contributed by atoms with van der Waals surface area (Å²) in [5, 5.41) is 6.77. The summed E-state index contributed by atoms with van der Waals surface area (Å²) in [6.45, 7) is 3.84. The van der Waals surface area contributed by atoms with Crippen molar-refractivity contribution in [3.63, 3.8) is 0 Å². The molecule has 0 spiro atoms. The van der Waals surface area contributed by atoms with Gasteiger partial charge in [0.1, 0.15) is 5.75 Å². The van der Waals surface area contributed by atoms with Crippen LogP contribution < -0.4 is 25.0 Å². The first-order valence-corrected chi connectivity index (χ1v) is 11.2. The molecule has 9 nitrogen and oxygen atoms in total. The molecular formula is C26H24ClN3O6. The van der Waals surface area contributed by atoms with Crippen LogP contribution in [-0.4, -0.2) is 37.7 Å². The lowest BCUT2D eigenvalue weighted by Crippen LogP contribution is -2.32. The van der Waals surface area contributed by atoms with E-state index in [9.17, 15) is 14.4 Å². The second-order valence-electron chi connectivity index (χ2n) is 7.32. The highest BCUT2D eigenvalue weighted by Crippen LogP contribution is 2.29. The molecule has 3 aromatic rings. The molecule has 2 N–H and O–H groups in total. The Morgan fingerprint density at radius 3 is 2.44 bits per heavy atom. The topological polar surface area (TPSA) is 115 Å². The summed E-state index contributed by atoms with van der Waals surface area (Å²) in [5.74, 6) is -1.27. The number of hydrogen-bond acceptors (Lipinski definition) is 7. The number of amides is 2. The smallest absolute Gasteiger partial charge is 0.343 e. The first-order chi connectivity index (χ1) is 17.3. The van der Waals surface area contributed by atoms with Gasteiger partial charge in [-0.3, -0.25) is 9.59 Å².